The highest BCUT2D eigenvalue weighted by atomic mass is 32.1. The highest BCUT2D eigenvalue weighted by Crippen LogP contribution is 2.19. The molecule has 1 saturated heterocycles. The third kappa shape index (κ3) is 3.58. The van der Waals surface area contributed by atoms with Gasteiger partial charge in [0.2, 0.25) is 5.91 Å². The van der Waals surface area contributed by atoms with Crippen molar-refractivity contribution in [3.63, 3.8) is 0 Å². The van der Waals surface area contributed by atoms with Gasteiger partial charge in [-0.25, -0.2) is 9.69 Å². The molecule has 5 amide bonds. The molecule has 7 nitrogen and oxygen atoms in total. The van der Waals surface area contributed by atoms with Gasteiger partial charge in [-0.1, -0.05) is 23.8 Å². The molecular formula is C17H15N3O4S. The first-order chi connectivity index (χ1) is 12.0. The van der Waals surface area contributed by atoms with Gasteiger partial charge in [0.15, 0.2) is 0 Å². The number of imide groups is 2. The first-order valence-corrected chi connectivity index (χ1v) is 8.40. The maximum absolute atomic E-state index is 12.3. The summed E-state index contributed by atoms with van der Waals surface area (Å²) < 4.78 is 0. The van der Waals surface area contributed by atoms with Gasteiger partial charge in [-0.15, -0.1) is 11.3 Å². The minimum atomic E-state index is -0.986. The second-order valence-corrected chi connectivity index (χ2v) is 6.59. The largest absolute Gasteiger partial charge is 0.335 e. The summed E-state index contributed by atoms with van der Waals surface area (Å²) in [7, 11) is 0. The van der Waals surface area contributed by atoms with Crippen LogP contribution in [0, 0.1) is 6.92 Å². The van der Waals surface area contributed by atoms with Crippen molar-refractivity contribution in [3.05, 3.63) is 52.2 Å². The summed E-state index contributed by atoms with van der Waals surface area (Å²) in [5, 5.41) is 4.41. The van der Waals surface area contributed by atoms with E-state index in [0.29, 0.717) is 10.6 Å². The van der Waals surface area contributed by atoms with Gasteiger partial charge in [0.1, 0.15) is 6.54 Å². The first kappa shape index (κ1) is 16.8. The maximum atomic E-state index is 12.3. The van der Waals surface area contributed by atoms with Crippen molar-refractivity contribution < 1.29 is 19.2 Å². The van der Waals surface area contributed by atoms with E-state index in [0.717, 1.165) is 15.3 Å². The minimum Gasteiger partial charge on any atom is -0.325 e. The van der Waals surface area contributed by atoms with Crippen LogP contribution in [0.1, 0.15) is 10.4 Å². The van der Waals surface area contributed by atoms with E-state index in [4.69, 9.17) is 0 Å². The zero-order valence-corrected chi connectivity index (χ0v) is 14.2. The van der Waals surface area contributed by atoms with Crippen molar-refractivity contribution in [1.82, 2.24) is 9.80 Å². The molecule has 0 aliphatic carbocycles. The molecule has 128 valence electrons. The molecule has 1 aliphatic rings. The van der Waals surface area contributed by atoms with Crippen LogP contribution in [-0.2, 0) is 20.9 Å². The molecule has 0 spiro atoms. The average Bonchev–Trinajstić information content (AvgIpc) is 3.16. The van der Waals surface area contributed by atoms with Gasteiger partial charge in [-0.2, -0.15) is 0 Å². The van der Waals surface area contributed by atoms with E-state index in [1.807, 2.05) is 24.4 Å². The van der Waals surface area contributed by atoms with Crippen LogP contribution >= 0.6 is 11.3 Å². The normalized spacial score (nSPS) is 14.4. The molecule has 8 heteroatoms. The van der Waals surface area contributed by atoms with E-state index >= 15 is 0 Å². The third-order valence-corrected chi connectivity index (χ3v) is 4.53. The maximum Gasteiger partial charge on any atom is 0.335 e. The summed E-state index contributed by atoms with van der Waals surface area (Å²) in [6, 6.07) is 9.87. The number of urea groups is 1. The van der Waals surface area contributed by atoms with Crippen LogP contribution in [0.25, 0.3) is 0 Å². The summed E-state index contributed by atoms with van der Waals surface area (Å²) in [4.78, 5) is 50.7. The van der Waals surface area contributed by atoms with Gasteiger partial charge in [0, 0.05) is 10.6 Å². The Morgan fingerprint density at radius 3 is 2.36 bits per heavy atom. The topological polar surface area (TPSA) is 86.8 Å². The van der Waals surface area contributed by atoms with Crippen molar-refractivity contribution in [1.29, 1.82) is 0 Å². The number of amides is 5. The fourth-order valence-corrected chi connectivity index (χ4v) is 3.06. The molecule has 2 aromatic rings. The minimum absolute atomic E-state index is 0.0250. The number of benzene rings is 1. The Labute approximate surface area is 147 Å². The zero-order chi connectivity index (χ0) is 18.0. The fraction of sp³-hybridized carbons (Fsp3) is 0.176. The smallest absolute Gasteiger partial charge is 0.325 e. The number of carbonyl (C=O) groups is 4. The Hall–Kier alpha value is -3.00. The van der Waals surface area contributed by atoms with Gasteiger partial charge >= 0.3 is 17.8 Å². The summed E-state index contributed by atoms with van der Waals surface area (Å²) in [6.45, 7) is 1.44. The Balaban J connectivity index is 1.66. The number of rotatable bonds is 5. The highest BCUT2D eigenvalue weighted by Gasteiger charge is 2.45. The summed E-state index contributed by atoms with van der Waals surface area (Å²) in [5.74, 6) is -2.45. The molecule has 25 heavy (non-hydrogen) atoms. The van der Waals surface area contributed by atoms with Crippen LogP contribution in [0.4, 0.5) is 10.5 Å². The number of hydrogen-bond acceptors (Lipinski definition) is 5. The number of nitrogens with zero attached hydrogens (tertiary/aromatic N) is 2. The number of nitrogens with one attached hydrogen (secondary N) is 1. The number of thiophene rings is 1. The van der Waals surface area contributed by atoms with Crippen molar-refractivity contribution in [3.8, 4) is 0 Å². The molecule has 2 heterocycles. The molecule has 1 aromatic carbocycles. The van der Waals surface area contributed by atoms with Crippen molar-refractivity contribution in [2.75, 3.05) is 11.9 Å². The van der Waals surface area contributed by atoms with E-state index in [9.17, 15) is 19.2 Å². The van der Waals surface area contributed by atoms with Gasteiger partial charge in [-0.3, -0.25) is 19.3 Å². The molecule has 0 bridgehead atoms. The lowest BCUT2D eigenvalue weighted by Crippen LogP contribution is -2.38. The predicted molar refractivity (Wildman–Crippen MR) is 91.8 cm³/mol. The Morgan fingerprint density at radius 2 is 1.72 bits per heavy atom. The van der Waals surface area contributed by atoms with Crippen LogP contribution in [0.5, 0.6) is 0 Å². The molecular weight excluding hydrogens is 342 g/mol. The Bertz CT molecular complexity index is 830. The Kier molecular flexibility index (Phi) is 4.62. The first-order valence-electron chi connectivity index (χ1n) is 7.52. The van der Waals surface area contributed by atoms with E-state index < -0.39 is 30.3 Å². The lowest BCUT2D eigenvalue weighted by Gasteiger charge is -2.14. The number of carbonyl (C=O) groups excluding carboxylic acids is 4. The predicted octanol–water partition coefficient (Wildman–Crippen LogP) is 1.99. The molecule has 1 N–H and O–H groups in total. The van der Waals surface area contributed by atoms with Crippen LogP contribution in [0.15, 0.2) is 41.8 Å². The second kappa shape index (κ2) is 6.86. The summed E-state index contributed by atoms with van der Waals surface area (Å²) in [5.41, 5.74) is 1.59. The van der Waals surface area contributed by atoms with Gasteiger partial charge in [0.25, 0.3) is 0 Å². The van der Waals surface area contributed by atoms with Crippen LogP contribution in [0.2, 0.25) is 0 Å². The molecule has 0 atom stereocenters. The monoisotopic (exact) mass is 357 g/mol. The fourth-order valence-electron chi connectivity index (χ4n) is 2.37. The molecule has 3 rings (SSSR count). The van der Waals surface area contributed by atoms with Crippen molar-refractivity contribution in [2.45, 2.75) is 13.5 Å². The van der Waals surface area contributed by atoms with Gasteiger partial charge in [0.05, 0.1) is 6.54 Å². The SMILES string of the molecule is Cc1ccc(NC(=O)CN2C(=O)C(=O)N(Cc3cccs3)C2=O)cc1. The second-order valence-electron chi connectivity index (χ2n) is 5.56. The van der Waals surface area contributed by atoms with Gasteiger partial charge in [-0.05, 0) is 30.5 Å². The molecule has 0 saturated carbocycles. The number of anilines is 1. The lowest BCUT2D eigenvalue weighted by molar-refractivity contribution is -0.143. The van der Waals surface area contributed by atoms with E-state index in [1.54, 1.807) is 24.3 Å². The van der Waals surface area contributed by atoms with E-state index in [1.165, 1.54) is 11.3 Å². The molecule has 1 fully saturated rings. The van der Waals surface area contributed by atoms with Crippen LogP contribution in [-0.4, -0.2) is 40.1 Å². The number of hydrogen-bond donors (Lipinski definition) is 1. The van der Waals surface area contributed by atoms with Crippen molar-refractivity contribution >= 4 is 40.8 Å². The third-order valence-electron chi connectivity index (χ3n) is 3.67. The van der Waals surface area contributed by atoms with Gasteiger partial charge < -0.3 is 5.32 Å². The zero-order valence-electron chi connectivity index (χ0n) is 13.4. The number of aryl methyl sites for hydroxylation is 1. The van der Waals surface area contributed by atoms with E-state index in [2.05, 4.69) is 5.32 Å². The van der Waals surface area contributed by atoms with Crippen LogP contribution in [0.3, 0.4) is 0 Å². The standard InChI is InChI=1S/C17H15N3O4S/c1-11-4-6-12(7-5-11)18-14(21)10-20-16(23)15(22)19(17(20)24)9-13-3-2-8-25-13/h2-8H,9-10H2,1H3,(H,18,21). The summed E-state index contributed by atoms with van der Waals surface area (Å²) >= 11 is 1.38. The van der Waals surface area contributed by atoms with Crippen LogP contribution < -0.4 is 5.32 Å². The lowest BCUT2D eigenvalue weighted by atomic mass is 10.2. The molecule has 0 unspecified atom stereocenters. The Morgan fingerprint density at radius 1 is 1.04 bits per heavy atom. The van der Waals surface area contributed by atoms with Crippen molar-refractivity contribution in [2.24, 2.45) is 0 Å². The highest BCUT2D eigenvalue weighted by molar-refractivity contribution is 7.09. The van der Waals surface area contributed by atoms with E-state index in [-0.39, 0.29) is 6.54 Å². The average molecular weight is 357 g/mol. The molecule has 1 aromatic heterocycles. The molecule has 1 aliphatic heterocycles. The summed E-state index contributed by atoms with van der Waals surface area (Å²) in [6.07, 6.45) is 0. The molecule has 0 radical (unpaired) electrons. The quantitative estimate of drug-likeness (QED) is 0.655.